The monoisotopic (exact) mass is 1460 g/mol. The molecule has 0 amide bonds. The Morgan fingerprint density at radius 2 is 0.612 bits per heavy atom. The zero-order valence-corrected chi connectivity index (χ0v) is 84.8. The number of hydrogen-bond donors (Lipinski definition) is 0. The summed E-state index contributed by atoms with van der Waals surface area (Å²) >= 11 is 0. The molecule has 632 valence electrons. The highest BCUT2D eigenvalue weighted by Gasteiger charge is 2.49. The normalized spacial score (nSPS) is 21.5. The molecule has 0 heterocycles. The molecule has 6 rings (SSSR count). The highest BCUT2D eigenvalue weighted by molar-refractivity contribution is 5.00. The van der Waals surface area contributed by atoms with E-state index in [4.69, 9.17) is 0 Å². The van der Waals surface area contributed by atoms with Crippen LogP contribution in [0.4, 0.5) is 0 Å². The maximum absolute atomic E-state index is 2.44. The Labute approximate surface area is 664 Å². The standard InChI is InChI=1S/3C9H20.6C8H18.2C7H12.2C7H14/c2*1-7-9(5,6)8(2,3)4;1-7(2)9(5,6)8(3)4;2*1-7(2,3)8(4,5)6;2*1-6-7(2)8(3,4)5;1-6-8(4,5)7(2)3;1-6(2)8(5)7(3)4;1-7(4-5-7)6-2-3-6;1-5-4-7(5)6-2-3-6;1-6-4-7(2,3)5-6;1-5-4-6(2)7(5)3/h2*7H2,1-6H3;7-8H,1-6H3;2*1-6H3;3*7H,6H2,1-5H3;6-8H,1-5H3;6H,2-5H2,1H3;5-7H,2-4H2,1H3;6H,4-5H2,1-3H3;5-7H,4H2,1-3H3/t;;;;;7-;;;;;5-,7?;;/m.....1....0../s1. The lowest BCUT2D eigenvalue weighted by Gasteiger charge is -2.40. The molecule has 6 atom stereocenters. The van der Waals surface area contributed by atoms with Crippen LogP contribution in [0.3, 0.4) is 0 Å². The lowest BCUT2D eigenvalue weighted by atomic mass is 9.65. The van der Waals surface area contributed by atoms with Gasteiger partial charge in [-0.05, 0) is 235 Å². The highest BCUT2D eigenvalue weighted by atomic mass is 14.5. The van der Waals surface area contributed by atoms with Crippen LogP contribution in [0.25, 0.3) is 0 Å². The smallest absolute Gasteiger partial charge is 0.0297 e. The minimum Gasteiger partial charge on any atom is -0.0651 e. The van der Waals surface area contributed by atoms with Crippen molar-refractivity contribution in [3.63, 3.8) is 0 Å². The van der Waals surface area contributed by atoms with E-state index < -0.39 is 0 Å². The Morgan fingerprint density at radius 1 is 0.340 bits per heavy atom. The maximum Gasteiger partial charge on any atom is -0.0297 e. The second-order valence-electron chi connectivity index (χ2n) is 49.7. The zero-order valence-electron chi connectivity index (χ0n) is 84.8. The van der Waals surface area contributed by atoms with Crippen LogP contribution in [0.5, 0.6) is 0 Å². The van der Waals surface area contributed by atoms with Crippen LogP contribution in [0.1, 0.15) is 498 Å². The van der Waals surface area contributed by atoms with Gasteiger partial charge >= 0.3 is 0 Å². The van der Waals surface area contributed by atoms with Gasteiger partial charge in [-0.3, -0.25) is 0 Å². The van der Waals surface area contributed by atoms with Gasteiger partial charge in [0.05, 0.1) is 0 Å². The largest absolute Gasteiger partial charge is 0.0651 e. The van der Waals surface area contributed by atoms with Crippen LogP contribution in [0.15, 0.2) is 0 Å². The number of rotatable bonds is 12. The quantitative estimate of drug-likeness (QED) is 0.183. The van der Waals surface area contributed by atoms with Crippen LogP contribution in [-0.2, 0) is 0 Å². The average molecular weight is 1460 g/mol. The lowest BCUT2D eigenvalue weighted by molar-refractivity contribution is 0.111. The zero-order chi connectivity index (χ0) is 84.8. The second kappa shape index (κ2) is 48.2. The Bertz CT molecular complexity index is 1860. The summed E-state index contributed by atoms with van der Waals surface area (Å²) in [5.74, 6) is 15.3. The summed E-state index contributed by atoms with van der Waals surface area (Å²) in [5.41, 5.74) is 7.21. The molecule has 0 nitrogen and oxygen atoms in total. The molecule has 0 aromatic carbocycles. The van der Waals surface area contributed by atoms with Crippen molar-refractivity contribution in [2.45, 2.75) is 498 Å². The summed E-state index contributed by atoms with van der Waals surface area (Å²) in [7, 11) is 0. The van der Waals surface area contributed by atoms with Crippen LogP contribution < -0.4 is 0 Å². The SMILES string of the molecule is CC(C)(C)C(C)(C)C.CC(C)(C)C(C)(C)C.CC(C)C(C)(C)C(C)C.CC(C)C(C)C(C)C.CC1(C2CC2)CC1.CC1CC(C)(C)C1.CC1CC(C)C1C.CCC(C)(C)C(C)(C)C.CCC(C)(C)C(C)(C)C.CCC(C)(C)C(C)C.CCC(C)C(C)(C)C.CC[C@@H](C)C(C)(C)C.C[C@H]1CC1C1CC1. The third-order valence-corrected chi connectivity index (χ3v) is 31.4. The van der Waals surface area contributed by atoms with Gasteiger partial charge in [0.1, 0.15) is 0 Å². The molecule has 6 saturated carbocycles. The summed E-state index contributed by atoms with van der Waals surface area (Å²) in [6, 6.07) is 0. The first kappa shape index (κ1) is 116. The van der Waals surface area contributed by atoms with Gasteiger partial charge in [0.25, 0.3) is 0 Å². The lowest BCUT2D eigenvalue weighted by Crippen LogP contribution is -2.29. The van der Waals surface area contributed by atoms with Gasteiger partial charge in [-0.25, -0.2) is 0 Å². The molecule has 6 aliphatic rings. The first-order chi connectivity index (χ1) is 45.0. The molecule has 0 radical (unpaired) electrons. The number of hydrogen-bond acceptors (Lipinski definition) is 0. The molecule has 0 spiro atoms. The maximum atomic E-state index is 2.44. The molecule has 0 aromatic rings. The van der Waals surface area contributed by atoms with Gasteiger partial charge in [0.15, 0.2) is 0 Å². The van der Waals surface area contributed by atoms with Gasteiger partial charge in [0, 0.05) is 0 Å². The van der Waals surface area contributed by atoms with Crippen molar-refractivity contribution in [3.8, 4) is 0 Å². The van der Waals surface area contributed by atoms with E-state index in [9.17, 15) is 0 Å². The predicted molar refractivity (Wildman–Crippen MR) is 488 cm³/mol. The van der Waals surface area contributed by atoms with Crippen molar-refractivity contribution in [1.29, 1.82) is 0 Å². The van der Waals surface area contributed by atoms with Crippen molar-refractivity contribution in [2.24, 2.45) is 170 Å². The minimum absolute atomic E-state index is 0.437. The van der Waals surface area contributed by atoms with E-state index in [0.29, 0.717) is 70.4 Å². The Morgan fingerprint density at radius 3 is 0.631 bits per heavy atom. The van der Waals surface area contributed by atoms with E-state index >= 15 is 0 Å². The fourth-order valence-electron chi connectivity index (χ4n) is 10.3. The predicted octanol–water partition coefficient (Wildman–Crippen LogP) is 37.6. The van der Waals surface area contributed by atoms with E-state index in [2.05, 4.69) is 402 Å². The van der Waals surface area contributed by atoms with Crippen molar-refractivity contribution < 1.29 is 0 Å². The third kappa shape index (κ3) is 55.1. The first-order valence-corrected chi connectivity index (χ1v) is 45.0. The average Bonchev–Trinajstić information content (AvgIpc) is 1.62. The molecular weight excluding hydrogens is 1240 g/mol. The molecule has 0 heteroatoms. The summed E-state index contributed by atoms with van der Waals surface area (Å²) < 4.78 is 0. The van der Waals surface area contributed by atoms with Gasteiger partial charge in [-0.1, -0.05) is 434 Å². The minimum atomic E-state index is 0.437. The molecular formula is C103H220. The molecule has 0 aliphatic heterocycles. The highest BCUT2D eigenvalue weighted by Crippen LogP contribution is 2.61. The molecule has 103 heavy (non-hydrogen) atoms. The summed E-state index contributed by atoms with van der Waals surface area (Å²) in [6.07, 6.45) is 21.5. The van der Waals surface area contributed by atoms with Crippen molar-refractivity contribution in [3.05, 3.63) is 0 Å². The van der Waals surface area contributed by atoms with Crippen LogP contribution >= 0.6 is 0 Å². The van der Waals surface area contributed by atoms with Crippen molar-refractivity contribution in [1.82, 2.24) is 0 Å². The van der Waals surface area contributed by atoms with Crippen LogP contribution in [0, 0.1) is 170 Å². The fraction of sp³-hybridized carbons (Fsp3) is 1.00. The topological polar surface area (TPSA) is 0 Å². The Kier molecular flexibility index (Phi) is 54.4. The second-order valence-corrected chi connectivity index (χ2v) is 49.7. The molecule has 6 fully saturated rings. The van der Waals surface area contributed by atoms with Gasteiger partial charge < -0.3 is 0 Å². The molecule has 6 aliphatic carbocycles. The van der Waals surface area contributed by atoms with Crippen molar-refractivity contribution >= 4 is 0 Å². The van der Waals surface area contributed by atoms with Crippen LogP contribution in [-0.4, -0.2) is 0 Å². The van der Waals surface area contributed by atoms with E-state index in [1.807, 2.05) is 0 Å². The van der Waals surface area contributed by atoms with Gasteiger partial charge in [-0.2, -0.15) is 0 Å². The molecule has 0 aromatic heterocycles. The molecule has 0 bridgehead atoms. The van der Waals surface area contributed by atoms with E-state index in [-0.39, 0.29) is 0 Å². The van der Waals surface area contributed by atoms with E-state index in [0.717, 1.165) is 88.3 Å². The summed E-state index contributed by atoms with van der Waals surface area (Å²) in [4.78, 5) is 0. The third-order valence-electron chi connectivity index (χ3n) is 31.4. The van der Waals surface area contributed by atoms with Gasteiger partial charge in [-0.15, -0.1) is 0 Å². The summed E-state index contributed by atoms with van der Waals surface area (Å²) in [6.45, 7) is 133. The van der Waals surface area contributed by atoms with Gasteiger partial charge in [0.2, 0.25) is 0 Å². The van der Waals surface area contributed by atoms with E-state index in [1.165, 1.54) is 88.9 Å². The molecule has 0 saturated heterocycles. The Hall–Kier alpha value is 0. The van der Waals surface area contributed by atoms with Crippen molar-refractivity contribution in [2.75, 3.05) is 0 Å². The van der Waals surface area contributed by atoms with Crippen LogP contribution in [0.2, 0.25) is 0 Å². The Balaban J connectivity index is -0.000000194. The first-order valence-electron chi connectivity index (χ1n) is 45.0. The summed E-state index contributed by atoms with van der Waals surface area (Å²) in [5, 5.41) is 0. The molecule has 4 unspecified atom stereocenters. The molecule has 0 N–H and O–H groups in total. The van der Waals surface area contributed by atoms with E-state index in [1.54, 1.807) is 19.3 Å². The fourth-order valence-corrected chi connectivity index (χ4v) is 10.3.